The maximum Gasteiger partial charge on any atom is 0.225 e. The summed E-state index contributed by atoms with van der Waals surface area (Å²) in [5.41, 5.74) is 0. The Labute approximate surface area is 149 Å². The summed E-state index contributed by atoms with van der Waals surface area (Å²) < 4.78 is 11.4. The van der Waals surface area contributed by atoms with E-state index in [-0.39, 0.29) is 30.2 Å². The molecule has 0 aliphatic carbocycles. The van der Waals surface area contributed by atoms with Gasteiger partial charge in [0.2, 0.25) is 5.91 Å². The van der Waals surface area contributed by atoms with Crippen LogP contribution in [0.3, 0.4) is 0 Å². The quantitative estimate of drug-likeness (QED) is 0.633. The van der Waals surface area contributed by atoms with E-state index < -0.39 is 0 Å². The van der Waals surface area contributed by atoms with Gasteiger partial charge in [-0.3, -0.25) is 4.79 Å². The van der Waals surface area contributed by atoms with Crippen LogP contribution >= 0.6 is 0 Å². The second kappa shape index (κ2) is 9.76. The number of carbonyl (C=O) groups excluding carboxylic acids is 1. The van der Waals surface area contributed by atoms with Gasteiger partial charge in [-0.05, 0) is 37.5 Å². The average Bonchev–Trinajstić information content (AvgIpc) is 2.92. The molecule has 1 rings (SSSR count). The van der Waals surface area contributed by atoms with Crippen molar-refractivity contribution in [3.05, 3.63) is 0 Å². The molecular formula is C20H39NO3. The normalized spacial score (nSPS) is 26.5. The van der Waals surface area contributed by atoms with Crippen LogP contribution in [0.4, 0.5) is 0 Å². The van der Waals surface area contributed by atoms with Crippen molar-refractivity contribution in [2.75, 3.05) is 14.2 Å². The van der Waals surface area contributed by atoms with Crippen molar-refractivity contribution in [2.45, 2.75) is 91.5 Å². The van der Waals surface area contributed by atoms with Crippen molar-refractivity contribution in [3.8, 4) is 0 Å². The Morgan fingerprint density at radius 1 is 1.12 bits per heavy atom. The molecule has 6 unspecified atom stereocenters. The molecule has 1 fully saturated rings. The van der Waals surface area contributed by atoms with Gasteiger partial charge in [0.05, 0.1) is 24.7 Å². The number of rotatable bonds is 9. The first-order valence-corrected chi connectivity index (χ1v) is 9.65. The van der Waals surface area contributed by atoms with E-state index in [1.165, 1.54) is 0 Å². The third kappa shape index (κ3) is 4.95. The molecular weight excluding hydrogens is 302 g/mol. The first kappa shape index (κ1) is 21.4. The lowest BCUT2D eigenvalue weighted by atomic mass is 9.87. The second-order valence-electron chi connectivity index (χ2n) is 7.96. The minimum atomic E-state index is -0.0130. The molecule has 0 saturated carbocycles. The van der Waals surface area contributed by atoms with E-state index in [4.69, 9.17) is 9.47 Å². The molecule has 0 bridgehead atoms. The largest absolute Gasteiger partial charge is 0.381 e. The lowest BCUT2D eigenvalue weighted by molar-refractivity contribution is -0.141. The molecule has 6 atom stereocenters. The van der Waals surface area contributed by atoms with Crippen LogP contribution in [0, 0.1) is 17.8 Å². The summed E-state index contributed by atoms with van der Waals surface area (Å²) >= 11 is 0. The molecule has 0 aromatic rings. The van der Waals surface area contributed by atoms with E-state index in [1.54, 1.807) is 14.2 Å². The molecule has 0 aromatic carbocycles. The highest BCUT2D eigenvalue weighted by atomic mass is 16.5. The molecule has 0 N–H and O–H groups in total. The number of amides is 1. The number of carbonyl (C=O) groups is 1. The molecule has 0 aromatic heterocycles. The molecule has 142 valence electrons. The van der Waals surface area contributed by atoms with Crippen LogP contribution < -0.4 is 0 Å². The zero-order chi connectivity index (χ0) is 18.4. The van der Waals surface area contributed by atoms with Crippen LogP contribution in [0.2, 0.25) is 0 Å². The number of likely N-dealkylation sites (tertiary alicyclic amines) is 1. The minimum Gasteiger partial charge on any atom is -0.381 e. The van der Waals surface area contributed by atoms with Crippen LogP contribution in [0.25, 0.3) is 0 Å². The molecule has 1 aliphatic rings. The van der Waals surface area contributed by atoms with Gasteiger partial charge in [-0.25, -0.2) is 0 Å². The minimum absolute atomic E-state index is 0.0130. The maximum absolute atomic E-state index is 13.1. The molecule has 1 heterocycles. The summed E-state index contributed by atoms with van der Waals surface area (Å²) in [5.74, 6) is 1.55. The lowest BCUT2D eigenvalue weighted by Gasteiger charge is -2.37. The molecule has 1 amide bonds. The predicted octanol–water partition coefficient (Wildman–Crippen LogP) is 4.12. The van der Waals surface area contributed by atoms with Crippen molar-refractivity contribution in [1.29, 1.82) is 0 Å². The summed E-state index contributed by atoms with van der Waals surface area (Å²) in [4.78, 5) is 15.2. The topological polar surface area (TPSA) is 38.8 Å². The SMILES string of the molecule is CCC(C)C(C)C(CC(=O)N1C(C)CCC1C(OC)C(C)C)OC. The van der Waals surface area contributed by atoms with Crippen molar-refractivity contribution >= 4 is 5.91 Å². The van der Waals surface area contributed by atoms with Gasteiger partial charge in [-0.15, -0.1) is 0 Å². The van der Waals surface area contributed by atoms with Crippen molar-refractivity contribution < 1.29 is 14.3 Å². The summed E-state index contributed by atoms with van der Waals surface area (Å²) in [6, 6.07) is 0.476. The molecule has 24 heavy (non-hydrogen) atoms. The number of nitrogens with zero attached hydrogens (tertiary/aromatic N) is 1. The second-order valence-corrected chi connectivity index (χ2v) is 7.96. The first-order chi connectivity index (χ1) is 11.3. The van der Waals surface area contributed by atoms with Gasteiger partial charge in [-0.2, -0.15) is 0 Å². The first-order valence-electron chi connectivity index (χ1n) is 9.65. The van der Waals surface area contributed by atoms with Crippen molar-refractivity contribution in [2.24, 2.45) is 17.8 Å². The molecule has 1 aliphatic heterocycles. The zero-order valence-corrected chi connectivity index (χ0v) is 17.0. The van der Waals surface area contributed by atoms with Crippen LogP contribution in [0.5, 0.6) is 0 Å². The Bertz CT molecular complexity index is 385. The summed E-state index contributed by atoms with van der Waals surface area (Å²) in [6.45, 7) is 13.1. The van der Waals surface area contributed by atoms with Crippen LogP contribution in [0.1, 0.15) is 67.2 Å². The average molecular weight is 342 g/mol. The van der Waals surface area contributed by atoms with E-state index in [1.807, 2.05) is 0 Å². The number of hydrogen-bond acceptors (Lipinski definition) is 3. The van der Waals surface area contributed by atoms with E-state index in [0.29, 0.717) is 24.2 Å². The zero-order valence-electron chi connectivity index (χ0n) is 17.0. The number of methoxy groups -OCH3 is 2. The van der Waals surface area contributed by atoms with E-state index in [0.717, 1.165) is 19.3 Å². The smallest absolute Gasteiger partial charge is 0.225 e. The van der Waals surface area contributed by atoms with Crippen molar-refractivity contribution in [3.63, 3.8) is 0 Å². The third-order valence-corrected chi connectivity index (χ3v) is 6.12. The van der Waals surface area contributed by atoms with Gasteiger partial charge < -0.3 is 14.4 Å². The Kier molecular flexibility index (Phi) is 8.72. The summed E-state index contributed by atoms with van der Waals surface area (Å²) in [5, 5.41) is 0. The standard InChI is InChI=1S/C20H39NO3/c1-9-14(4)16(6)18(23-7)12-19(22)21-15(5)10-11-17(21)20(24-8)13(2)3/h13-18,20H,9-12H2,1-8H3. The van der Waals surface area contributed by atoms with Crippen LogP contribution in [-0.2, 0) is 14.3 Å². The summed E-state index contributed by atoms with van der Waals surface area (Å²) in [6.07, 6.45) is 3.76. The van der Waals surface area contributed by atoms with Crippen molar-refractivity contribution in [1.82, 2.24) is 4.90 Å². The molecule has 4 nitrogen and oxygen atoms in total. The maximum atomic E-state index is 13.1. The molecule has 0 radical (unpaired) electrons. The fourth-order valence-corrected chi connectivity index (χ4v) is 4.14. The van der Waals surface area contributed by atoms with Crippen LogP contribution in [-0.4, -0.2) is 49.3 Å². The van der Waals surface area contributed by atoms with E-state index in [9.17, 15) is 4.79 Å². The lowest BCUT2D eigenvalue weighted by Crippen LogP contribution is -2.49. The third-order valence-electron chi connectivity index (χ3n) is 6.12. The van der Waals surface area contributed by atoms with Gasteiger partial charge in [0, 0.05) is 20.3 Å². The van der Waals surface area contributed by atoms with Gasteiger partial charge >= 0.3 is 0 Å². The highest BCUT2D eigenvalue weighted by Gasteiger charge is 2.41. The fourth-order valence-electron chi connectivity index (χ4n) is 4.14. The van der Waals surface area contributed by atoms with Gasteiger partial charge in [0.15, 0.2) is 0 Å². The predicted molar refractivity (Wildman–Crippen MR) is 99.0 cm³/mol. The van der Waals surface area contributed by atoms with E-state index >= 15 is 0 Å². The Morgan fingerprint density at radius 2 is 1.75 bits per heavy atom. The fraction of sp³-hybridized carbons (Fsp3) is 0.950. The molecule has 4 heteroatoms. The number of hydrogen-bond donors (Lipinski definition) is 0. The van der Waals surface area contributed by atoms with Gasteiger partial charge in [0.1, 0.15) is 0 Å². The highest BCUT2D eigenvalue weighted by Crippen LogP contribution is 2.32. The molecule has 1 saturated heterocycles. The van der Waals surface area contributed by atoms with E-state index in [2.05, 4.69) is 46.4 Å². The number of ether oxygens (including phenoxy) is 2. The Balaban J connectivity index is 2.85. The monoisotopic (exact) mass is 341 g/mol. The summed E-state index contributed by atoms with van der Waals surface area (Å²) in [7, 11) is 3.49. The Morgan fingerprint density at radius 3 is 2.21 bits per heavy atom. The molecule has 0 spiro atoms. The van der Waals surface area contributed by atoms with Crippen LogP contribution in [0.15, 0.2) is 0 Å². The Hall–Kier alpha value is -0.610. The highest BCUT2D eigenvalue weighted by molar-refractivity contribution is 5.78. The van der Waals surface area contributed by atoms with Gasteiger partial charge in [0.25, 0.3) is 0 Å². The van der Waals surface area contributed by atoms with Gasteiger partial charge in [-0.1, -0.05) is 41.0 Å².